The van der Waals surface area contributed by atoms with E-state index in [4.69, 9.17) is 10.2 Å². The van der Waals surface area contributed by atoms with Gasteiger partial charge in [0.25, 0.3) is 5.91 Å². The topological polar surface area (TPSA) is 81.2 Å². The molecule has 5 nitrogen and oxygen atoms in total. The van der Waals surface area contributed by atoms with Crippen molar-refractivity contribution in [3.63, 3.8) is 0 Å². The summed E-state index contributed by atoms with van der Waals surface area (Å²) in [6.07, 6.45) is 3.83. The van der Waals surface area contributed by atoms with Crippen LogP contribution >= 0.6 is 11.3 Å². The van der Waals surface area contributed by atoms with Gasteiger partial charge in [-0.25, -0.2) is 4.98 Å². The summed E-state index contributed by atoms with van der Waals surface area (Å²) in [5.41, 5.74) is 6.33. The van der Waals surface area contributed by atoms with Crippen LogP contribution in [0.2, 0.25) is 0 Å². The Morgan fingerprint density at radius 3 is 2.81 bits per heavy atom. The zero-order chi connectivity index (χ0) is 14.8. The van der Waals surface area contributed by atoms with Crippen molar-refractivity contribution in [2.24, 2.45) is 5.73 Å². The monoisotopic (exact) mass is 305 g/mol. The van der Waals surface area contributed by atoms with Crippen molar-refractivity contribution in [2.75, 3.05) is 0 Å². The van der Waals surface area contributed by atoms with E-state index in [9.17, 15) is 4.79 Å². The van der Waals surface area contributed by atoms with Crippen LogP contribution in [0.5, 0.6) is 0 Å². The molecule has 1 fully saturated rings. The molecule has 1 amide bonds. The summed E-state index contributed by atoms with van der Waals surface area (Å²) in [4.78, 5) is 16.6. The normalized spacial score (nSPS) is 22.2. The summed E-state index contributed by atoms with van der Waals surface area (Å²) in [5, 5.41) is 5.55. The van der Waals surface area contributed by atoms with E-state index in [1.54, 1.807) is 5.38 Å². The molecule has 2 aromatic heterocycles. The lowest BCUT2D eigenvalue weighted by atomic mass is 9.92. The summed E-state index contributed by atoms with van der Waals surface area (Å²) in [5.74, 6) is 1.44. The van der Waals surface area contributed by atoms with Gasteiger partial charge in [0.15, 0.2) is 10.8 Å². The zero-order valence-corrected chi connectivity index (χ0v) is 12.8. The first-order valence-corrected chi connectivity index (χ1v) is 8.08. The van der Waals surface area contributed by atoms with E-state index in [0.717, 1.165) is 36.5 Å². The Kier molecular flexibility index (Phi) is 4.07. The second-order valence-corrected chi connectivity index (χ2v) is 6.39. The standard InChI is InChI=1S/C15H19N3O2S/c1-9-2-7-13(20-9)15-18-12(8-21-15)14(19)17-11-5-3-10(16)4-6-11/h2,7-8,10-11H,3-6,16H2,1H3,(H,17,19). The number of carbonyl (C=O) groups is 1. The highest BCUT2D eigenvalue weighted by atomic mass is 32.1. The number of aromatic nitrogens is 1. The molecule has 0 atom stereocenters. The van der Waals surface area contributed by atoms with Gasteiger partial charge in [-0.2, -0.15) is 0 Å². The number of thiazole rings is 1. The number of furan rings is 1. The van der Waals surface area contributed by atoms with Gasteiger partial charge in [0, 0.05) is 17.5 Å². The van der Waals surface area contributed by atoms with Crippen LogP contribution in [-0.4, -0.2) is 23.0 Å². The van der Waals surface area contributed by atoms with Crippen LogP contribution < -0.4 is 11.1 Å². The predicted molar refractivity (Wildman–Crippen MR) is 82.3 cm³/mol. The van der Waals surface area contributed by atoms with Gasteiger partial charge >= 0.3 is 0 Å². The van der Waals surface area contributed by atoms with Crippen LogP contribution in [0.25, 0.3) is 10.8 Å². The van der Waals surface area contributed by atoms with E-state index in [0.29, 0.717) is 11.5 Å². The quantitative estimate of drug-likeness (QED) is 0.913. The fourth-order valence-electron chi connectivity index (χ4n) is 2.56. The van der Waals surface area contributed by atoms with Gasteiger partial charge in [-0.05, 0) is 44.7 Å². The van der Waals surface area contributed by atoms with Gasteiger partial charge in [0.1, 0.15) is 11.5 Å². The minimum Gasteiger partial charge on any atom is -0.459 e. The van der Waals surface area contributed by atoms with E-state index in [1.807, 2.05) is 19.1 Å². The number of hydrogen-bond acceptors (Lipinski definition) is 5. The first-order chi connectivity index (χ1) is 10.1. The number of nitrogens with zero attached hydrogens (tertiary/aromatic N) is 1. The van der Waals surface area contributed by atoms with Gasteiger partial charge < -0.3 is 15.5 Å². The third-order valence-corrected chi connectivity index (χ3v) is 4.65. The number of aryl methyl sites for hydroxylation is 1. The maximum atomic E-state index is 12.2. The molecule has 0 bridgehead atoms. The van der Waals surface area contributed by atoms with E-state index >= 15 is 0 Å². The van der Waals surface area contributed by atoms with Crippen LogP contribution in [0, 0.1) is 6.92 Å². The van der Waals surface area contributed by atoms with Crippen LogP contribution in [0.1, 0.15) is 41.9 Å². The molecule has 21 heavy (non-hydrogen) atoms. The maximum Gasteiger partial charge on any atom is 0.270 e. The van der Waals surface area contributed by atoms with Crippen LogP contribution in [0.15, 0.2) is 21.9 Å². The summed E-state index contributed by atoms with van der Waals surface area (Å²) < 4.78 is 5.53. The average molecular weight is 305 g/mol. The second kappa shape index (κ2) is 5.99. The van der Waals surface area contributed by atoms with Crippen molar-refractivity contribution in [1.82, 2.24) is 10.3 Å². The first kappa shape index (κ1) is 14.3. The molecule has 1 aliphatic carbocycles. The number of nitrogens with one attached hydrogen (secondary N) is 1. The van der Waals surface area contributed by atoms with Gasteiger partial charge in [0.05, 0.1) is 0 Å². The van der Waals surface area contributed by atoms with E-state index < -0.39 is 0 Å². The van der Waals surface area contributed by atoms with Crippen LogP contribution in [0.3, 0.4) is 0 Å². The van der Waals surface area contributed by atoms with E-state index in [2.05, 4.69) is 10.3 Å². The fourth-order valence-corrected chi connectivity index (χ4v) is 3.32. The Bertz CT molecular complexity index is 626. The molecular formula is C15H19N3O2S. The van der Waals surface area contributed by atoms with E-state index in [-0.39, 0.29) is 18.0 Å². The molecule has 2 aromatic rings. The van der Waals surface area contributed by atoms with Crippen molar-refractivity contribution in [2.45, 2.75) is 44.7 Å². The number of amides is 1. The second-order valence-electron chi connectivity index (χ2n) is 5.53. The molecule has 0 aliphatic heterocycles. The number of hydrogen-bond donors (Lipinski definition) is 2. The minimum atomic E-state index is -0.110. The van der Waals surface area contributed by atoms with Crippen molar-refractivity contribution >= 4 is 17.2 Å². The summed E-state index contributed by atoms with van der Waals surface area (Å²) >= 11 is 1.42. The highest BCUT2D eigenvalue weighted by Gasteiger charge is 2.22. The smallest absolute Gasteiger partial charge is 0.270 e. The highest BCUT2D eigenvalue weighted by molar-refractivity contribution is 7.13. The highest BCUT2D eigenvalue weighted by Crippen LogP contribution is 2.26. The van der Waals surface area contributed by atoms with Gasteiger partial charge in [-0.1, -0.05) is 0 Å². The SMILES string of the molecule is Cc1ccc(-c2nc(C(=O)NC3CCC(N)CC3)cs2)o1. The minimum absolute atomic E-state index is 0.110. The molecule has 0 spiro atoms. The zero-order valence-electron chi connectivity index (χ0n) is 12.0. The molecule has 0 aromatic carbocycles. The van der Waals surface area contributed by atoms with Crippen molar-refractivity contribution in [1.29, 1.82) is 0 Å². The maximum absolute atomic E-state index is 12.2. The Morgan fingerprint density at radius 1 is 1.38 bits per heavy atom. The molecule has 2 heterocycles. The molecule has 0 radical (unpaired) electrons. The van der Waals surface area contributed by atoms with Crippen molar-refractivity contribution in [3.05, 3.63) is 29.0 Å². The third kappa shape index (κ3) is 3.33. The molecule has 0 saturated heterocycles. The molecule has 1 saturated carbocycles. The Labute approximate surface area is 127 Å². The molecule has 3 rings (SSSR count). The number of rotatable bonds is 3. The Morgan fingerprint density at radius 2 is 2.14 bits per heavy atom. The van der Waals surface area contributed by atoms with E-state index in [1.165, 1.54) is 11.3 Å². The van der Waals surface area contributed by atoms with Crippen LogP contribution in [-0.2, 0) is 0 Å². The van der Waals surface area contributed by atoms with Gasteiger partial charge in [-0.15, -0.1) is 11.3 Å². The van der Waals surface area contributed by atoms with Crippen molar-refractivity contribution in [3.8, 4) is 10.8 Å². The van der Waals surface area contributed by atoms with Gasteiger partial charge in [-0.3, -0.25) is 4.79 Å². The largest absolute Gasteiger partial charge is 0.459 e. The third-order valence-electron chi connectivity index (χ3n) is 3.80. The Hall–Kier alpha value is -1.66. The first-order valence-electron chi connectivity index (χ1n) is 7.20. The molecular weight excluding hydrogens is 286 g/mol. The summed E-state index contributed by atoms with van der Waals surface area (Å²) in [6.45, 7) is 1.89. The Balaban J connectivity index is 1.64. The lowest BCUT2D eigenvalue weighted by Gasteiger charge is -2.26. The summed E-state index contributed by atoms with van der Waals surface area (Å²) in [6, 6.07) is 4.26. The molecule has 6 heteroatoms. The fraction of sp³-hybridized carbons (Fsp3) is 0.467. The number of carbonyl (C=O) groups excluding carboxylic acids is 1. The predicted octanol–water partition coefficient (Wildman–Crippen LogP) is 2.71. The molecule has 112 valence electrons. The lowest BCUT2D eigenvalue weighted by molar-refractivity contribution is 0.0921. The summed E-state index contributed by atoms with van der Waals surface area (Å²) in [7, 11) is 0. The number of nitrogens with two attached hydrogens (primary N) is 1. The molecule has 0 unspecified atom stereocenters. The molecule has 3 N–H and O–H groups in total. The lowest BCUT2D eigenvalue weighted by Crippen LogP contribution is -2.40. The molecule has 1 aliphatic rings. The van der Waals surface area contributed by atoms with Gasteiger partial charge in [0.2, 0.25) is 0 Å². The van der Waals surface area contributed by atoms with Crippen molar-refractivity contribution < 1.29 is 9.21 Å². The average Bonchev–Trinajstić information content (AvgIpc) is 3.10. The van der Waals surface area contributed by atoms with Crippen LogP contribution in [0.4, 0.5) is 0 Å².